The first kappa shape index (κ1) is 25.9. The molecule has 0 saturated heterocycles. The number of anilines is 1. The van der Waals surface area contributed by atoms with Crippen molar-refractivity contribution in [1.82, 2.24) is 0 Å². The van der Waals surface area contributed by atoms with Crippen molar-refractivity contribution in [1.29, 1.82) is 0 Å². The van der Waals surface area contributed by atoms with Crippen LogP contribution in [-0.2, 0) is 24.3 Å². The molecule has 0 radical (unpaired) electrons. The van der Waals surface area contributed by atoms with Crippen molar-refractivity contribution >= 4 is 33.7 Å². The average molecular weight is 476 g/mol. The molecule has 33 heavy (non-hydrogen) atoms. The molecule has 0 saturated carbocycles. The number of nitrogens with zero attached hydrogens (tertiary/aromatic N) is 1. The molecular weight excluding hydrogens is 446 g/mol. The van der Waals surface area contributed by atoms with Gasteiger partial charge in [0, 0.05) is 13.1 Å². The zero-order valence-corrected chi connectivity index (χ0v) is 20.6. The molecule has 0 aliphatic rings. The molecule has 0 spiro atoms. The van der Waals surface area contributed by atoms with Crippen molar-refractivity contribution in [3.8, 4) is 5.75 Å². The van der Waals surface area contributed by atoms with Crippen LogP contribution < -0.4 is 9.04 Å². The highest BCUT2D eigenvalue weighted by molar-refractivity contribution is 7.92. The molecule has 8 nitrogen and oxygen atoms in total. The smallest absolute Gasteiger partial charge is 0.340 e. The summed E-state index contributed by atoms with van der Waals surface area (Å²) in [5, 5.41) is 0. The summed E-state index contributed by atoms with van der Waals surface area (Å²) in [5.74, 6) is -0.732. The summed E-state index contributed by atoms with van der Waals surface area (Å²) in [6.45, 7) is 6.94. The number of esters is 2. The first-order valence-electron chi connectivity index (χ1n) is 10.1. The molecule has 2 rings (SSSR count). The third-order valence-corrected chi connectivity index (χ3v) is 6.35. The summed E-state index contributed by atoms with van der Waals surface area (Å²) in [5.41, 5.74) is 0.587. The van der Waals surface area contributed by atoms with Gasteiger partial charge in [0.1, 0.15) is 11.4 Å². The molecule has 0 atom stereocenters. The normalized spacial score (nSPS) is 11.8. The summed E-state index contributed by atoms with van der Waals surface area (Å²) < 4.78 is 42.7. The van der Waals surface area contributed by atoms with Gasteiger partial charge in [-0.2, -0.15) is 0 Å². The molecule has 2 aromatic rings. The number of rotatable bonds is 7. The molecule has 0 amide bonds. The second-order valence-electron chi connectivity index (χ2n) is 8.24. The predicted molar refractivity (Wildman–Crippen MR) is 126 cm³/mol. The maximum Gasteiger partial charge on any atom is 0.340 e. The van der Waals surface area contributed by atoms with Crippen molar-refractivity contribution in [2.75, 3.05) is 25.6 Å². The molecule has 0 aliphatic heterocycles. The van der Waals surface area contributed by atoms with E-state index >= 15 is 0 Å². The molecule has 178 valence electrons. The Morgan fingerprint density at radius 1 is 1.03 bits per heavy atom. The number of hydrogen-bond donors (Lipinski definition) is 0. The van der Waals surface area contributed by atoms with Gasteiger partial charge in [-0.15, -0.1) is 0 Å². The van der Waals surface area contributed by atoms with Crippen LogP contribution in [0.5, 0.6) is 5.75 Å². The summed E-state index contributed by atoms with van der Waals surface area (Å²) >= 11 is 0. The number of carbonyl (C=O) groups is 2. The third-order valence-electron chi connectivity index (χ3n) is 4.58. The van der Waals surface area contributed by atoms with Crippen LogP contribution in [0.15, 0.2) is 47.4 Å². The molecule has 0 fully saturated rings. The first-order valence-corrected chi connectivity index (χ1v) is 11.5. The Morgan fingerprint density at radius 3 is 2.15 bits per heavy atom. The number of sulfonamides is 1. The van der Waals surface area contributed by atoms with Crippen LogP contribution in [0.3, 0.4) is 0 Å². The molecule has 0 heterocycles. The first-order chi connectivity index (χ1) is 15.3. The lowest BCUT2D eigenvalue weighted by molar-refractivity contribution is -0.148. The lowest BCUT2D eigenvalue weighted by atomic mass is 10.0. The summed E-state index contributed by atoms with van der Waals surface area (Å²) in [7, 11) is 0.0783. The van der Waals surface area contributed by atoms with Gasteiger partial charge in [0.25, 0.3) is 10.0 Å². The molecule has 0 N–H and O–H groups in total. The van der Waals surface area contributed by atoms with E-state index in [1.54, 1.807) is 45.9 Å². The van der Waals surface area contributed by atoms with Gasteiger partial charge in [0.05, 0.1) is 30.4 Å². The zero-order chi connectivity index (χ0) is 25.0. The Kier molecular flexibility index (Phi) is 7.92. The molecule has 0 unspecified atom stereocenters. The van der Waals surface area contributed by atoms with E-state index in [1.165, 1.54) is 51.6 Å². The third kappa shape index (κ3) is 6.35. The van der Waals surface area contributed by atoms with Crippen molar-refractivity contribution in [3.63, 3.8) is 0 Å². The lowest BCUT2D eigenvalue weighted by Crippen LogP contribution is -2.29. The minimum atomic E-state index is -3.98. The largest absolute Gasteiger partial charge is 0.497 e. The van der Waals surface area contributed by atoms with Crippen molar-refractivity contribution < 1.29 is 32.2 Å². The Labute approximate surface area is 194 Å². The van der Waals surface area contributed by atoms with Gasteiger partial charge in [0.15, 0.2) is 0 Å². The van der Waals surface area contributed by atoms with E-state index in [4.69, 9.17) is 14.2 Å². The Balaban J connectivity index is 2.51. The quantitative estimate of drug-likeness (QED) is 0.441. The van der Waals surface area contributed by atoms with E-state index in [0.29, 0.717) is 16.9 Å². The van der Waals surface area contributed by atoms with E-state index in [-0.39, 0.29) is 16.1 Å². The van der Waals surface area contributed by atoms with Crippen molar-refractivity contribution in [2.45, 2.75) is 38.2 Å². The van der Waals surface area contributed by atoms with Crippen molar-refractivity contribution in [2.24, 2.45) is 0 Å². The number of methoxy groups -OCH3 is 2. The number of hydrogen-bond acceptors (Lipinski definition) is 7. The van der Waals surface area contributed by atoms with Crippen LogP contribution in [0.2, 0.25) is 0 Å². The topological polar surface area (TPSA) is 99.2 Å². The van der Waals surface area contributed by atoms with Crippen LogP contribution in [0.25, 0.3) is 6.08 Å². The second-order valence-corrected chi connectivity index (χ2v) is 10.2. The van der Waals surface area contributed by atoms with Gasteiger partial charge >= 0.3 is 11.9 Å². The fraction of sp³-hybridized carbons (Fsp3) is 0.333. The molecule has 0 aromatic heterocycles. The fourth-order valence-electron chi connectivity index (χ4n) is 3.11. The van der Waals surface area contributed by atoms with Crippen LogP contribution in [0.4, 0.5) is 5.69 Å². The number of benzene rings is 2. The molecule has 2 aromatic carbocycles. The molecular formula is C24H29NO7S. The molecule has 0 bridgehead atoms. The van der Waals surface area contributed by atoms with Gasteiger partial charge in [-0.25, -0.2) is 18.0 Å². The lowest BCUT2D eigenvalue weighted by Gasteiger charge is -2.24. The number of aryl methyl sites for hydroxylation is 1. The van der Waals surface area contributed by atoms with Gasteiger partial charge in [-0.05, 0) is 81.3 Å². The monoisotopic (exact) mass is 475 g/mol. The second kappa shape index (κ2) is 10.1. The van der Waals surface area contributed by atoms with Crippen LogP contribution in [0, 0.1) is 6.92 Å². The SMILES string of the molecule is COC(=O)c1cc(/C=C/C(=O)OC(C)(C)C)cc(C)c1N(C)S(=O)(=O)c1ccc(OC)cc1. The van der Waals surface area contributed by atoms with Gasteiger partial charge in [-0.3, -0.25) is 4.31 Å². The molecule has 9 heteroatoms. The standard InChI is InChI=1S/C24H29NO7S/c1-16-14-17(8-13-21(26)32-24(2,3)4)15-20(23(27)31-7)22(16)25(5)33(28,29)19-11-9-18(30-6)10-12-19/h8-15H,1-7H3/b13-8+. The average Bonchev–Trinajstić information content (AvgIpc) is 2.75. The summed E-state index contributed by atoms with van der Waals surface area (Å²) in [6, 6.07) is 9.07. The highest BCUT2D eigenvalue weighted by Gasteiger charge is 2.27. The minimum Gasteiger partial charge on any atom is -0.497 e. The summed E-state index contributed by atoms with van der Waals surface area (Å²) in [4.78, 5) is 24.6. The van der Waals surface area contributed by atoms with E-state index in [9.17, 15) is 18.0 Å². The number of carbonyl (C=O) groups excluding carboxylic acids is 2. The van der Waals surface area contributed by atoms with E-state index in [2.05, 4.69) is 0 Å². The van der Waals surface area contributed by atoms with E-state index < -0.39 is 27.6 Å². The van der Waals surface area contributed by atoms with Gasteiger partial charge in [-0.1, -0.05) is 0 Å². The highest BCUT2D eigenvalue weighted by atomic mass is 32.2. The van der Waals surface area contributed by atoms with Gasteiger partial charge < -0.3 is 14.2 Å². The van der Waals surface area contributed by atoms with E-state index in [0.717, 1.165) is 4.31 Å². The van der Waals surface area contributed by atoms with Crippen LogP contribution in [0.1, 0.15) is 42.3 Å². The minimum absolute atomic E-state index is 0.0370. The number of ether oxygens (including phenoxy) is 3. The molecule has 0 aliphatic carbocycles. The predicted octanol–water partition coefficient (Wildman–Crippen LogP) is 3.97. The summed E-state index contributed by atoms with van der Waals surface area (Å²) in [6.07, 6.45) is 2.74. The van der Waals surface area contributed by atoms with Crippen LogP contribution in [-0.4, -0.2) is 47.2 Å². The zero-order valence-electron chi connectivity index (χ0n) is 19.8. The van der Waals surface area contributed by atoms with Crippen LogP contribution >= 0.6 is 0 Å². The fourth-order valence-corrected chi connectivity index (χ4v) is 4.39. The maximum atomic E-state index is 13.2. The Bertz CT molecular complexity index is 1160. The maximum absolute atomic E-state index is 13.2. The van der Waals surface area contributed by atoms with Gasteiger partial charge in [0.2, 0.25) is 0 Å². The Morgan fingerprint density at radius 2 is 1.64 bits per heavy atom. The Hall–Kier alpha value is -3.33. The highest BCUT2D eigenvalue weighted by Crippen LogP contribution is 2.32. The van der Waals surface area contributed by atoms with Crippen molar-refractivity contribution in [3.05, 3.63) is 59.2 Å². The van der Waals surface area contributed by atoms with E-state index in [1.807, 2.05) is 0 Å².